The fourth-order valence-corrected chi connectivity index (χ4v) is 3.23. The second-order valence-corrected chi connectivity index (χ2v) is 6.56. The van der Waals surface area contributed by atoms with Crippen LogP contribution in [0.3, 0.4) is 0 Å². The van der Waals surface area contributed by atoms with E-state index in [1.807, 2.05) is 0 Å². The average Bonchev–Trinajstić information content (AvgIpc) is 3.24. The zero-order chi connectivity index (χ0) is 17.3. The Morgan fingerprint density at radius 1 is 1.08 bits per heavy atom. The zero-order valence-corrected chi connectivity index (χ0v) is 13.7. The fraction of sp³-hybridized carbons (Fsp3) is 0.556. The van der Waals surface area contributed by atoms with E-state index in [9.17, 15) is 19.8 Å². The molecule has 0 saturated carbocycles. The Morgan fingerprint density at radius 2 is 1.79 bits per heavy atom. The van der Waals surface area contributed by atoms with Crippen molar-refractivity contribution in [3.05, 3.63) is 23.3 Å². The van der Waals surface area contributed by atoms with E-state index in [-0.39, 0.29) is 41.2 Å². The van der Waals surface area contributed by atoms with Crippen LogP contribution in [-0.2, 0) is 14.3 Å². The molecular weight excluding hydrogens is 312 g/mol. The summed E-state index contributed by atoms with van der Waals surface area (Å²) in [5, 5.41) is 19.8. The van der Waals surface area contributed by atoms with Crippen molar-refractivity contribution in [2.24, 2.45) is 0 Å². The molecule has 2 aliphatic rings. The van der Waals surface area contributed by atoms with Crippen LogP contribution >= 0.6 is 0 Å². The number of esters is 1. The van der Waals surface area contributed by atoms with Gasteiger partial charge in [-0.15, -0.1) is 0 Å². The molecule has 2 heterocycles. The highest BCUT2D eigenvalue weighted by Gasteiger charge is 2.43. The predicted octanol–water partition coefficient (Wildman–Crippen LogP) is 3.01. The van der Waals surface area contributed by atoms with Crippen LogP contribution in [-0.4, -0.2) is 34.2 Å². The number of hydrogen-bond acceptors (Lipinski definition) is 6. The molecule has 2 aliphatic heterocycles. The van der Waals surface area contributed by atoms with E-state index in [1.165, 1.54) is 6.07 Å². The first-order valence-corrected chi connectivity index (χ1v) is 8.39. The van der Waals surface area contributed by atoms with Gasteiger partial charge in [0.15, 0.2) is 0 Å². The molecule has 2 N–H and O–H groups in total. The van der Waals surface area contributed by atoms with E-state index in [0.717, 1.165) is 12.5 Å². The van der Waals surface area contributed by atoms with E-state index in [2.05, 4.69) is 0 Å². The van der Waals surface area contributed by atoms with Crippen molar-refractivity contribution in [3.63, 3.8) is 0 Å². The number of ketones is 1. The van der Waals surface area contributed by atoms with E-state index in [4.69, 9.17) is 9.47 Å². The number of Topliss-reactive ketones (excluding diaryl/α,β-unsaturated/α-hetero) is 1. The summed E-state index contributed by atoms with van der Waals surface area (Å²) in [4.78, 5) is 24.3. The summed E-state index contributed by atoms with van der Waals surface area (Å²) in [5.41, 5.74) is 0.498. The topological polar surface area (TPSA) is 96.4 Å². The Kier molecular flexibility index (Phi) is 4.76. The van der Waals surface area contributed by atoms with Crippen molar-refractivity contribution < 1.29 is 29.3 Å². The molecule has 1 aromatic rings. The summed E-state index contributed by atoms with van der Waals surface area (Å²) in [6.45, 7) is 1.77. The summed E-state index contributed by atoms with van der Waals surface area (Å²) in [5.74, 6) is -0.845. The quantitative estimate of drug-likeness (QED) is 0.559. The minimum absolute atomic E-state index is 0.0558. The minimum atomic E-state index is -0.632. The van der Waals surface area contributed by atoms with Gasteiger partial charge in [-0.25, -0.2) is 4.79 Å². The number of benzene rings is 1. The lowest BCUT2D eigenvalue weighted by molar-refractivity contribution is -0.119. The molecule has 0 aromatic heterocycles. The largest absolute Gasteiger partial charge is 0.508 e. The van der Waals surface area contributed by atoms with Crippen LogP contribution in [0.5, 0.6) is 11.5 Å². The van der Waals surface area contributed by atoms with Crippen molar-refractivity contribution in [1.29, 1.82) is 0 Å². The summed E-state index contributed by atoms with van der Waals surface area (Å²) < 4.78 is 11.0. The molecule has 0 amide bonds. The first-order valence-electron chi connectivity index (χ1n) is 8.39. The number of hydrogen-bond donors (Lipinski definition) is 2. The Morgan fingerprint density at radius 3 is 2.54 bits per heavy atom. The molecule has 1 saturated heterocycles. The number of cyclic esters (lactones) is 1. The lowest BCUT2D eigenvalue weighted by atomic mass is 9.98. The van der Waals surface area contributed by atoms with Crippen LogP contribution in [0, 0.1) is 0 Å². The van der Waals surface area contributed by atoms with Crippen molar-refractivity contribution in [3.8, 4) is 11.5 Å². The Labute approximate surface area is 140 Å². The van der Waals surface area contributed by atoms with Gasteiger partial charge in [-0.3, -0.25) is 4.79 Å². The maximum absolute atomic E-state index is 12.5. The molecule has 1 fully saturated rings. The number of rotatable bonds is 0. The van der Waals surface area contributed by atoms with Crippen LogP contribution in [0.4, 0.5) is 0 Å². The SMILES string of the molecule is C[C@H]1CCCC(=O)CCCC2OC2c2cc(O)cc(O)c2C(=O)O1. The average molecular weight is 334 g/mol. The lowest BCUT2D eigenvalue weighted by Crippen LogP contribution is -2.17. The van der Waals surface area contributed by atoms with Crippen molar-refractivity contribution in [1.82, 2.24) is 0 Å². The van der Waals surface area contributed by atoms with Crippen LogP contribution in [0.2, 0.25) is 0 Å². The molecule has 0 aliphatic carbocycles. The van der Waals surface area contributed by atoms with Gasteiger partial charge in [0.25, 0.3) is 0 Å². The molecule has 24 heavy (non-hydrogen) atoms. The third-order valence-electron chi connectivity index (χ3n) is 4.54. The number of fused-ring (bicyclic) bond motifs is 3. The van der Waals surface area contributed by atoms with Crippen molar-refractivity contribution in [2.75, 3.05) is 0 Å². The zero-order valence-electron chi connectivity index (χ0n) is 13.7. The Hall–Kier alpha value is -2.08. The monoisotopic (exact) mass is 334 g/mol. The van der Waals surface area contributed by atoms with Gasteiger partial charge in [0.1, 0.15) is 28.9 Å². The Balaban J connectivity index is 1.89. The molecule has 0 bridgehead atoms. The van der Waals surface area contributed by atoms with Crippen LogP contribution in [0.25, 0.3) is 0 Å². The number of aromatic hydroxyl groups is 2. The molecule has 1 aromatic carbocycles. The lowest BCUT2D eigenvalue weighted by Gasteiger charge is -2.16. The van der Waals surface area contributed by atoms with E-state index in [0.29, 0.717) is 37.7 Å². The fourth-order valence-electron chi connectivity index (χ4n) is 3.23. The third kappa shape index (κ3) is 3.70. The summed E-state index contributed by atoms with van der Waals surface area (Å²) in [6.07, 6.45) is 2.90. The second kappa shape index (κ2) is 6.81. The van der Waals surface area contributed by atoms with Crippen LogP contribution < -0.4 is 0 Å². The summed E-state index contributed by atoms with van der Waals surface area (Å²) >= 11 is 0. The third-order valence-corrected chi connectivity index (χ3v) is 4.54. The molecule has 0 radical (unpaired) electrons. The summed E-state index contributed by atoms with van der Waals surface area (Å²) in [7, 11) is 0. The molecule has 0 spiro atoms. The first-order chi connectivity index (χ1) is 11.5. The van der Waals surface area contributed by atoms with Crippen LogP contribution in [0.15, 0.2) is 12.1 Å². The van der Waals surface area contributed by atoms with Gasteiger partial charge >= 0.3 is 5.97 Å². The maximum Gasteiger partial charge on any atom is 0.342 e. The first kappa shape index (κ1) is 16.8. The van der Waals surface area contributed by atoms with Gasteiger partial charge in [-0.1, -0.05) is 0 Å². The highest BCUT2D eigenvalue weighted by atomic mass is 16.6. The van der Waals surface area contributed by atoms with Gasteiger partial charge in [0, 0.05) is 24.5 Å². The molecule has 6 nitrogen and oxygen atoms in total. The van der Waals surface area contributed by atoms with Crippen LogP contribution in [0.1, 0.15) is 67.5 Å². The number of phenols is 2. The minimum Gasteiger partial charge on any atom is -0.508 e. The molecule has 6 heteroatoms. The predicted molar refractivity (Wildman–Crippen MR) is 85.0 cm³/mol. The van der Waals surface area contributed by atoms with Gasteiger partial charge in [0.2, 0.25) is 0 Å². The number of carbonyl (C=O) groups excluding carboxylic acids is 2. The smallest absolute Gasteiger partial charge is 0.342 e. The second-order valence-electron chi connectivity index (χ2n) is 6.56. The maximum atomic E-state index is 12.5. The highest BCUT2D eigenvalue weighted by molar-refractivity contribution is 5.95. The molecule has 3 atom stereocenters. The summed E-state index contributed by atoms with van der Waals surface area (Å²) in [6, 6.07) is 2.56. The van der Waals surface area contributed by atoms with Gasteiger partial charge < -0.3 is 19.7 Å². The normalized spacial score (nSPS) is 28.3. The van der Waals surface area contributed by atoms with E-state index >= 15 is 0 Å². The standard InChI is InChI=1S/C18H22O6/c1-10-4-2-5-11(19)6-3-7-15-17(24-15)13-8-12(20)9-14(21)16(13)18(22)23-10/h8-10,15,17,20-21H,2-7H2,1H3/t10-,15?,17?/m0/s1. The van der Waals surface area contributed by atoms with E-state index in [1.54, 1.807) is 6.92 Å². The highest BCUT2D eigenvalue weighted by Crippen LogP contribution is 2.46. The molecule has 130 valence electrons. The molecule has 3 rings (SSSR count). The van der Waals surface area contributed by atoms with Crippen molar-refractivity contribution >= 4 is 11.8 Å². The van der Waals surface area contributed by atoms with Gasteiger partial charge in [-0.05, 0) is 38.7 Å². The molecular formula is C18H22O6. The number of carbonyl (C=O) groups is 2. The van der Waals surface area contributed by atoms with Gasteiger partial charge in [-0.2, -0.15) is 0 Å². The molecule has 2 unspecified atom stereocenters. The van der Waals surface area contributed by atoms with Gasteiger partial charge in [0.05, 0.1) is 12.2 Å². The number of epoxide rings is 1. The Bertz CT molecular complexity index is 653. The number of phenolic OH excluding ortho intramolecular Hbond substituents is 2. The number of ether oxygens (including phenoxy) is 2. The van der Waals surface area contributed by atoms with Crippen molar-refractivity contribution in [2.45, 2.75) is 63.8 Å². The van der Waals surface area contributed by atoms with E-state index < -0.39 is 5.97 Å².